The minimum atomic E-state index is -0.906. The van der Waals surface area contributed by atoms with Crippen LogP contribution in [0, 0.1) is 13.8 Å². The number of carboxylic acids is 1. The van der Waals surface area contributed by atoms with E-state index in [9.17, 15) is 4.79 Å². The number of rotatable bonds is 3. The second kappa shape index (κ2) is 4.89. The van der Waals surface area contributed by atoms with Crippen molar-refractivity contribution in [3.63, 3.8) is 0 Å². The summed E-state index contributed by atoms with van der Waals surface area (Å²) >= 11 is 3.46. The van der Waals surface area contributed by atoms with Crippen molar-refractivity contribution in [2.75, 3.05) is 0 Å². The molecule has 0 aliphatic rings. The Labute approximate surface area is 113 Å². The third-order valence-corrected chi connectivity index (χ3v) is 3.64. The van der Waals surface area contributed by atoms with Crippen molar-refractivity contribution in [2.45, 2.75) is 20.3 Å². The molecule has 0 atom stereocenters. The van der Waals surface area contributed by atoms with Gasteiger partial charge in [0.2, 0.25) is 0 Å². The molecule has 0 spiro atoms. The number of halogens is 1. The molecular formula is C12H12BrN3O2. The zero-order chi connectivity index (χ0) is 13.3. The van der Waals surface area contributed by atoms with Crippen LogP contribution < -0.4 is 0 Å². The zero-order valence-electron chi connectivity index (χ0n) is 10.0. The molecule has 1 N–H and O–H groups in total. The van der Waals surface area contributed by atoms with Gasteiger partial charge in [0.25, 0.3) is 0 Å². The van der Waals surface area contributed by atoms with Gasteiger partial charge in [0, 0.05) is 4.47 Å². The van der Waals surface area contributed by atoms with Crippen LogP contribution in [0.4, 0.5) is 0 Å². The van der Waals surface area contributed by atoms with E-state index in [0.29, 0.717) is 5.69 Å². The van der Waals surface area contributed by atoms with Gasteiger partial charge in [0.1, 0.15) is 0 Å². The highest BCUT2D eigenvalue weighted by molar-refractivity contribution is 9.10. The normalized spacial score (nSPS) is 10.6. The Kier molecular flexibility index (Phi) is 3.47. The highest BCUT2D eigenvalue weighted by Crippen LogP contribution is 2.23. The molecule has 2 aromatic rings. The SMILES string of the molecule is Cc1c(Br)cccc1-n1nnc(CC(=O)O)c1C. The fourth-order valence-corrected chi connectivity index (χ4v) is 2.08. The molecule has 2 rings (SSSR count). The van der Waals surface area contributed by atoms with E-state index in [1.165, 1.54) is 0 Å². The Morgan fingerprint density at radius 1 is 1.44 bits per heavy atom. The fraction of sp³-hybridized carbons (Fsp3) is 0.250. The molecular weight excluding hydrogens is 298 g/mol. The average Bonchev–Trinajstić information content (AvgIpc) is 2.64. The maximum absolute atomic E-state index is 10.7. The van der Waals surface area contributed by atoms with Gasteiger partial charge in [-0.2, -0.15) is 0 Å². The summed E-state index contributed by atoms with van der Waals surface area (Å²) in [7, 11) is 0. The average molecular weight is 310 g/mol. The van der Waals surface area contributed by atoms with Crippen LogP contribution in [0.15, 0.2) is 22.7 Å². The van der Waals surface area contributed by atoms with E-state index in [4.69, 9.17) is 5.11 Å². The van der Waals surface area contributed by atoms with Gasteiger partial charge in [0.05, 0.1) is 23.5 Å². The number of benzene rings is 1. The van der Waals surface area contributed by atoms with Crippen LogP contribution in [0.3, 0.4) is 0 Å². The number of hydrogen-bond donors (Lipinski definition) is 1. The van der Waals surface area contributed by atoms with Gasteiger partial charge in [-0.15, -0.1) is 5.10 Å². The molecule has 0 amide bonds. The van der Waals surface area contributed by atoms with Gasteiger partial charge >= 0.3 is 5.97 Å². The highest BCUT2D eigenvalue weighted by Gasteiger charge is 2.14. The Bertz CT molecular complexity index is 607. The number of nitrogens with zero attached hydrogens (tertiary/aromatic N) is 3. The second-order valence-electron chi connectivity index (χ2n) is 3.99. The maximum atomic E-state index is 10.7. The third-order valence-electron chi connectivity index (χ3n) is 2.78. The van der Waals surface area contributed by atoms with E-state index in [0.717, 1.165) is 21.4 Å². The van der Waals surface area contributed by atoms with Gasteiger partial charge in [-0.05, 0) is 31.5 Å². The lowest BCUT2D eigenvalue weighted by atomic mass is 10.2. The molecule has 0 fully saturated rings. The van der Waals surface area contributed by atoms with E-state index in [1.54, 1.807) is 4.68 Å². The first-order valence-corrected chi connectivity index (χ1v) is 6.18. The van der Waals surface area contributed by atoms with Crippen LogP contribution in [0.2, 0.25) is 0 Å². The Morgan fingerprint density at radius 3 is 2.83 bits per heavy atom. The smallest absolute Gasteiger partial charge is 0.309 e. The lowest BCUT2D eigenvalue weighted by molar-refractivity contribution is -0.136. The Balaban J connectivity index is 2.49. The number of hydrogen-bond acceptors (Lipinski definition) is 3. The van der Waals surface area contributed by atoms with Gasteiger partial charge in [-0.1, -0.05) is 27.2 Å². The molecule has 1 aromatic carbocycles. The molecule has 94 valence electrons. The van der Waals surface area contributed by atoms with E-state index in [-0.39, 0.29) is 6.42 Å². The van der Waals surface area contributed by atoms with Crippen molar-refractivity contribution in [1.82, 2.24) is 15.0 Å². The van der Waals surface area contributed by atoms with E-state index >= 15 is 0 Å². The lowest BCUT2D eigenvalue weighted by Gasteiger charge is -2.08. The van der Waals surface area contributed by atoms with Crippen LogP contribution in [0.25, 0.3) is 5.69 Å². The molecule has 0 radical (unpaired) electrons. The van der Waals surface area contributed by atoms with Gasteiger partial charge in [0.15, 0.2) is 0 Å². The number of carbonyl (C=O) groups is 1. The van der Waals surface area contributed by atoms with Crippen LogP contribution >= 0.6 is 15.9 Å². The molecule has 1 heterocycles. The first kappa shape index (κ1) is 12.8. The maximum Gasteiger partial charge on any atom is 0.309 e. The van der Waals surface area contributed by atoms with Crippen molar-refractivity contribution < 1.29 is 9.90 Å². The molecule has 0 saturated carbocycles. The predicted octanol–water partition coefficient (Wildman–Crippen LogP) is 2.27. The minimum absolute atomic E-state index is 0.112. The molecule has 1 aromatic heterocycles. The van der Waals surface area contributed by atoms with Crippen LogP contribution in [0.1, 0.15) is 17.0 Å². The minimum Gasteiger partial charge on any atom is -0.481 e. The molecule has 18 heavy (non-hydrogen) atoms. The Morgan fingerprint density at radius 2 is 2.17 bits per heavy atom. The molecule has 0 aliphatic carbocycles. The third kappa shape index (κ3) is 2.28. The first-order chi connectivity index (χ1) is 8.50. The summed E-state index contributed by atoms with van der Waals surface area (Å²) in [6.45, 7) is 3.79. The summed E-state index contributed by atoms with van der Waals surface area (Å²) in [4.78, 5) is 10.7. The fourth-order valence-electron chi connectivity index (χ4n) is 1.72. The number of aliphatic carboxylic acids is 1. The van der Waals surface area contributed by atoms with Crippen molar-refractivity contribution in [1.29, 1.82) is 0 Å². The summed E-state index contributed by atoms with van der Waals surface area (Å²) in [5, 5.41) is 16.7. The number of aromatic nitrogens is 3. The first-order valence-electron chi connectivity index (χ1n) is 5.39. The van der Waals surface area contributed by atoms with Crippen molar-refractivity contribution in [3.8, 4) is 5.69 Å². The lowest BCUT2D eigenvalue weighted by Crippen LogP contribution is -2.04. The van der Waals surface area contributed by atoms with Gasteiger partial charge < -0.3 is 5.11 Å². The summed E-state index contributed by atoms with van der Waals surface area (Å²) in [6, 6.07) is 5.78. The van der Waals surface area contributed by atoms with E-state index in [1.807, 2.05) is 32.0 Å². The van der Waals surface area contributed by atoms with Crippen molar-refractivity contribution in [3.05, 3.63) is 39.6 Å². The molecule has 0 saturated heterocycles. The largest absolute Gasteiger partial charge is 0.481 e. The summed E-state index contributed by atoms with van der Waals surface area (Å²) in [6.07, 6.45) is -0.112. The second-order valence-corrected chi connectivity index (χ2v) is 4.84. The van der Waals surface area contributed by atoms with E-state index in [2.05, 4.69) is 26.2 Å². The molecule has 0 unspecified atom stereocenters. The summed E-state index contributed by atoms with van der Waals surface area (Å²) in [5.74, 6) is -0.906. The number of carboxylic acid groups (broad SMARTS) is 1. The highest BCUT2D eigenvalue weighted by atomic mass is 79.9. The van der Waals surface area contributed by atoms with Crippen molar-refractivity contribution >= 4 is 21.9 Å². The van der Waals surface area contributed by atoms with Crippen LogP contribution in [-0.2, 0) is 11.2 Å². The van der Waals surface area contributed by atoms with E-state index < -0.39 is 5.97 Å². The summed E-state index contributed by atoms with van der Waals surface area (Å²) in [5.41, 5.74) is 3.17. The monoisotopic (exact) mass is 309 g/mol. The quantitative estimate of drug-likeness (QED) is 0.944. The Hall–Kier alpha value is -1.69. The molecule has 0 aliphatic heterocycles. The zero-order valence-corrected chi connectivity index (χ0v) is 11.6. The summed E-state index contributed by atoms with van der Waals surface area (Å²) < 4.78 is 2.65. The van der Waals surface area contributed by atoms with Crippen LogP contribution in [0.5, 0.6) is 0 Å². The molecule has 5 nitrogen and oxygen atoms in total. The predicted molar refractivity (Wildman–Crippen MR) is 69.9 cm³/mol. The molecule has 0 bridgehead atoms. The van der Waals surface area contributed by atoms with Crippen LogP contribution in [-0.4, -0.2) is 26.1 Å². The molecule has 6 heteroatoms. The van der Waals surface area contributed by atoms with Gasteiger partial charge in [-0.25, -0.2) is 4.68 Å². The van der Waals surface area contributed by atoms with Crippen molar-refractivity contribution in [2.24, 2.45) is 0 Å². The van der Waals surface area contributed by atoms with Gasteiger partial charge in [-0.3, -0.25) is 4.79 Å². The standard InChI is InChI=1S/C12H12BrN3O2/c1-7-9(13)4-3-5-11(7)16-8(2)10(14-15-16)6-12(17)18/h3-5H,6H2,1-2H3,(H,17,18). The topological polar surface area (TPSA) is 68.0 Å².